The van der Waals surface area contributed by atoms with Crippen molar-refractivity contribution < 1.29 is 14.4 Å². The molecule has 1 aromatic rings. The summed E-state index contributed by atoms with van der Waals surface area (Å²) in [5, 5.41) is 0. The predicted octanol–water partition coefficient (Wildman–Crippen LogP) is 1.49. The molecule has 15 heavy (non-hydrogen) atoms. The van der Waals surface area contributed by atoms with Crippen LogP contribution in [0.2, 0.25) is 0 Å². The fraction of sp³-hybridized carbons (Fsp3) is 0.364. The average molecular weight is 209 g/mol. The van der Waals surface area contributed by atoms with Gasteiger partial charge in [0.25, 0.3) is 0 Å². The quantitative estimate of drug-likeness (QED) is 0.602. The van der Waals surface area contributed by atoms with Gasteiger partial charge in [-0.05, 0) is 18.1 Å². The third-order valence-corrected chi connectivity index (χ3v) is 2.28. The highest BCUT2D eigenvalue weighted by molar-refractivity contribution is 5.70. The van der Waals surface area contributed by atoms with Crippen LogP contribution in [0.1, 0.15) is 23.7 Å². The number of carbonyl (C=O) groups excluding carboxylic acids is 1. The van der Waals surface area contributed by atoms with Gasteiger partial charge in [0, 0.05) is 0 Å². The lowest BCUT2D eigenvalue weighted by Gasteiger charge is -2.15. The Morgan fingerprint density at radius 1 is 1.47 bits per heavy atom. The van der Waals surface area contributed by atoms with Crippen molar-refractivity contribution in [1.29, 1.82) is 0 Å². The van der Waals surface area contributed by atoms with Crippen molar-refractivity contribution in [2.24, 2.45) is 5.90 Å². The van der Waals surface area contributed by atoms with Gasteiger partial charge in [0.15, 0.2) is 0 Å². The van der Waals surface area contributed by atoms with Crippen molar-refractivity contribution in [2.75, 3.05) is 7.11 Å². The summed E-state index contributed by atoms with van der Waals surface area (Å²) in [5.41, 5.74) is 1.95. The van der Waals surface area contributed by atoms with Crippen molar-refractivity contribution >= 4 is 5.97 Å². The van der Waals surface area contributed by atoms with Gasteiger partial charge in [-0.2, -0.15) is 0 Å². The standard InChI is InChI=1S/C11H15NO3/c1-8-5-3-4-6-9(8)10(15-12)7-11(13)14-2/h3-6,10H,7,12H2,1-2H3. The maximum absolute atomic E-state index is 11.1. The molecule has 0 aliphatic rings. The summed E-state index contributed by atoms with van der Waals surface area (Å²) >= 11 is 0. The van der Waals surface area contributed by atoms with Crippen molar-refractivity contribution in [3.05, 3.63) is 35.4 Å². The molecule has 4 heteroatoms. The number of nitrogens with two attached hydrogens (primary N) is 1. The number of hydrogen-bond acceptors (Lipinski definition) is 4. The van der Waals surface area contributed by atoms with Crippen LogP contribution in [0.3, 0.4) is 0 Å². The molecule has 0 fully saturated rings. The lowest BCUT2D eigenvalue weighted by molar-refractivity contribution is -0.144. The second kappa shape index (κ2) is 5.48. The van der Waals surface area contributed by atoms with E-state index in [1.54, 1.807) is 0 Å². The van der Waals surface area contributed by atoms with Crippen molar-refractivity contribution in [2.45, 2.75) is 19.4 Å². The van der Waals surface area contributed by atoms with Crippen LogP contribution >= 0.6 is 0 Å². The van der Waals surface area contributed by atoms with Gasteiger partial charge < -0.3 is 4.74 Å². The Labute approximate surface area is 88.9 Å². The Kier molecular flexibility index (Phi) is 4.27. The minimum Gasteiger partial charge on any atom is -0.469 e. The van der Waals surface area contributed by atoms with E-state index in [1.165, 1.54) is 7.11 Å². The average Bonchev–Trinajstić information content (AvgIpc) is 2.26. The molecule has 4 nitrogen and oxygen atoms in total. The molecule has 1 atom stereocenters. The maximum Gasteiger partial charge on any atom is 0.308 e. The van der Waals surface area contributed by atoms with E-state index in [4.69, 9.17) is 10.7 Å². The molecule has 2 N–H and O–H groups in total. The zero-order valence-electron chi connectivity index (χ0n) is 8.90. The number of esters is 1. The van der Waals surface area contributed by atoms with Crippen LogP contribution < -0.4 is 5.90 Å². The van der Waals surface area contributed by atoms with Crippen LogP contribution in [0.4, 0.5) is 0 Å². The minimum absolute atomic E-state index is 0.123. The Hall–Kier alpha value is -1.39. The Balaban J connectivity index is 2.83. The fourth-order valence-electron chi connectivity index (χ4n) is 1.41. The number of ether oxygens (including phenoxy) is 1. The normalized spacial score (nSPS) is 12.2. The molecule has 0 radical (unpaired) electrons. The predicted molar refractivity (Wildman–Crippen MR) is 55.8 cm³/mol. The van der Waals surface area contributed by atoms with E-state index < -0.39 is 6.10 Å². The Morgan fingerprint density at radius 2 is 2.13 bits per heavy atom. The van der Waals surface area contributed by atoms with Gasteiger partial charge in [0.2, 0.25) is 0 Å². The van der Waals surface area contributed by atoms with Crippen molar-refractivity contribution in [3.63, 3.8) is 0 Å². The Morgan fingerprint density at radius 3 is 2.67 bits per heavy atom. The van der Waals surface area contributed by atoms with E-state index in [-0.39, 0.29) is 12.4 Å². The third kappa shape index (κ3) is 3.04. The molecule has 1 unspecified atom stereocenters. The minimum atomic E-state index is -0.446. The molecule has 0 aromatic heterocycles. The van der Waals surface area contributed by atoms with Crippen LogP contribution in [-0.2, 0) is 14.4 Å². The van der Waals surface area contributed by atoms with Gasteiger partial charge in [0.05, 0.1) is 13.5 Å². The molecule has 0 heterocycles. The molecule has 0 saturated carbocycles. The monoisotopic (exact) mass is 209 g/mol. The second-order valence-electron chi connectivity index (χ2n) is 3.26. The molecular formula is C11H15NO3. The lowest BCUT2D eigenvalue weighted by atomic mass is 10.0. The van der Waals surface area contributed by atoms with Crippen LogP contribution in [0.5, 0.6) is 0 Å². The van der Waals surface area contributed by atoms with E-state index in [1.807, 2.05) is 31.2 Å². The fourth-order valence-corrected chi connectivity index (χ4v) is 1.41. The zero-order chi connectivity index (χ0) is 11.3. The number of aryl methyl sites for hydroxylation is 1. The highest BCUT2D eigenvalue weighted by Crippen LogP contribution is 2.22. The third-order valence-electron chi connectivity index (χ3n) is 2.28. The molecule has 0 aliphatic heterocycles. The van der Waals surface area contributed by atoms with Crippen molar-refractivity contribution in [3.8, 4) is 0 Å². The summed E-state index contributed by atoms with van der Waals surface area (Å²) in [5.74, 6) is 4.83. The highest BCUT2D eigenvalue weighted by Gasteiger charge is 2.17. The van der Waals surface area contributed by atoms with Gasteiger partial charge in [-0.1, -0.05) is 24.3 Å². The number of carbonyl (C=O) groups is 1. The number of rotatable bonds is 4. The van der Waals surface area contributed by atoms with Gasteiger partial charge in [-0.25, -0.2) is 5.90 Å². The molecule has 0 aliphatic carbocycles. The van der Waals surface area contributed by atoms with Gasteiger partial charge in [0.1, 0.15) is 6.10 Å². The van der Waals surface area contributed by atoms with Gasteiger partial charge >= 0.3 is 5.97 Å². The summed E-state index contributed by atoms with van der Waals surface area (Å²) < 4.78 is 4.57. The molecule has 0 amide bonds. The van der Waals surface area contributed by atoms with Crippen LogP contribution in [-0.4, -0.2) is 13.1 Å². The summed E-state index contributed by atoms with van der Waals surface area (Å²) in [6.45, 7) is 1.94. The first-order chi connectivity index (χ1) is 7.19. The largest absolute Gasteiger partial charge is 0.469 e. The summed E-state index contributed by atoms with van der Waals surface area (Å²) in [6, 6.07) is 7.63. The molecule has 82 valence electrons. The first-order valence-corrected chi connectivity index (χ1v) is 4.67. The van der Waals surface area contributed by atoms with Crippen LogP contribution in [0.15, 0.2) is 24.3 Å². The molecule has 0 saturated heterocycles. The summed E-state index contributed by atoms with van der Waals surface area (Å²) in [6.07, 6.45) is -0.323. The van der Waals surface area contributed by atoms with Crippen LogP contribution in [0, 0.1) is 6.92 Å². The Bertz CT molecular complexity index is 338. The van der Waals surface area contributed by atoms with Crippen LogP contribution in [0.25, 0.3) is 0 Å². The lowest BCUT2D eigenvalue weighted by Crippen LogP contribution is -2.15. The van der Waals surface area contributed by atoms with Crippen molar-refractivity contribution in [1.82, 2.24) is 0 Å². The van der Waals surface area contributed by atoms with Gasteiger partial charge in [-0.15, -0.1) is 0 Å². The molecule has 1 aromatic carbocycles. The topological polar surface area (TPSA) is 61.5 Å². The highest BCUT2D eigenvalue weighted by atomic mass is 16.6. The number of benzene rings is 1. The van der Waals surface area contributed by atoms with E-state index in [9.17, 15) is 4.79 Å². The molecule has 0 spiro atoms. The van der Waals surface area contributed by atoms with E-state index in [0.29, 0.717) is 0 Å². The molecule has 1 rings (SSSR count). The molecule has 0 bridgehead atoms. The number of methoxy groups -OCH3 is 1. The zero-order valence-corrected chi connectivity index (χ0v) is 8.90. The summed E-state index contributed by atoms with van der Waals surface area (Å²) in [4.78, 5) is 15.9. The van der Waals surface area contributed by atoms with Gasteiger partial charge in [-0.3, -0.25) is 9.63 Å². The SMILES string of the molecule is COC(=O)CC(ON)c1ccccc1C. The molecular weight excluding hydrogens is 194 g/mol. The van der Waals surface area contributed by atoms with E-state index >= 15 is 0 Å². The second-order valence-corrected chi connectivity index (χ2v) is 3.26. The van der Waals surface area contributed by atoms with E-state index in [0.717, 1.165) is 11.1 Å². The summed E-state index contributed by atoms with van der Waals surface area (Å²) in [7, 11) is 1.34. The number of hydrogen-bond donors (Lipinski definition) is 1. The smallest absolute Gasteiger partial charge is 0.308 e. The first-order valence-electron chi connectivity index (χ1n) is 4.67. The maximum atomic E-state index is 11.1. The first kappa shape index (κ1) is 11.7. The van der Waals surface area contributed by atoms with E-state index in [2.05, 4.69) is 4.74 Å².